The third-order valence-electron chi connectivity index (χ3n) is 11.1. The Bertz CT molecular complexity index is 1310. The lowest BCUT2D eigenvalue weighted by Gasteiger charge is -2.18. The van der Waals surface area contributed by atoms with Gasteiger partial charge in [-0.2, -0.15) is 0 Å². The van der Waals surface area contributed by atoms with Crippen molar-refractivity contribution in [3.8, 4) is 0 Å². The van der Waals surface area contributed by atoms with Gasteiger partial charge in [-0.15, -0.1) is 0 Å². The summed E-state index contributed by atoms with van der Waals surface area (Å²) >= 11 is 0. The smallest absolute Gasteiger partial charge is 0.306 e. The lowest BCUT2D eigenvalue weighted by atomic mass is 10.1. The van der Waals surface area contributed by atoms with E-state index in [4.69, 9.17) is 14.2 Å². The van der Waals surface area contributed by atoms with Gasteiger partial charge in [-0.25, -0.2) is 0 Å². The predicted octanol–water partition coefficient (Wildman–Crippen LogP) is 17.8. The molecule has 0 rings (SSSR count). The average Bonchev–Trinajstić information content (AvgIpc) is 3.30. The highest BCUT2D eigenvalue weighted by Gasteiger charge is 2.19. The zero-order valence-corrected chi connectivity index (χ0v) is 42.2. The van der Waals surface area contributed by atoms with E-state index in [0.29, 0.717) is 19.3 Å². The molecule has 370 valence electrons. The van der Waals surface area contributed by atoms with Gasteiger partial charge in [-0.05, 0) is 103 Å². The third-order valence-corrected chi connectivity index (χ3v) is 11.1. The van der Waals surface area contributed by atoms with Crippen LogP contribution in [0.4, 0.5) is 0 Å². The van der Waals surface area contributed by atoms with Crippen LogP contribution in [0.15, 0.2) is 97.2 Å². The van der Waals surface area contributed by atoms with E-state index in [9.17, 15) is 14.4 Å². The Hall–Kier alpha value is -3.67. The van der Waals surface area contributed by atoms with Crippen LogP contribution < -0.4 is 0 Å². The van der Waals surface area contributed by atoms with Crippen molar-refractivity contribution >= 4 is 17.9 Å². The van der Waals surface area contributed by atoms with Gasteiger partial charge in [0.05, 0.1) is 0 Å². The Morgan fingerprint density at radius 2 is 0.662 bits per heavy atom. The summed E-state index contributed by atoms with van der Waals surface area (Å²) in [6.45, 7) is 6.39. The molecular weight excluding hydrogens is 805 g/mol. The quantitative estimate of drug-likeness (QED) is 0.0199. The van der Waals surface area contributed by atoms with Crippen molar-refractivity contribution in [2.24, 2.45) is 0 Å². The van der Waals surface area contributed by atoms with Crippen molar-refractivity contribution in [3.63, 3.8) is 0 Å². The minimum absolute atomic E-state index is 0.116. The first-order chi connectivity index (χ1) is 32.0. The second-order valence-corrected chi connectivity index (χ2v) is 17.4. The van der Waals surface area contributed by atoms with Gasteiger partial charge in [0.2, 0.25) is 0 Å². The summed E-state index contributed by atoms with van der Waals surface area (Å²) in [7, 11) is 0. The topological polar surface area (TPSA) is 78.9 Å². The highest BCUT2D eigenvalue weighted by Crippen LogP contribution is 2.14. The summed E-state index contributed by atoms with van der Waals surface area (Å²) in [5.41, 5.74) is 0. The molecule has 0 radical (unpaired) electrons. The molecule has 0 amide bonds. The molecular formula is C59H98O6. The van der Waals surface area contributed by atoms with Gasteiger partial charge in [0.1, 0.15) is 13.2 Å². The summed E-state index contributed by atoms with van der Waals surface area (Å²) in [5, 5.41) is 0. The molecule has 0 aromatic rings. The number of unbranched alkanes of at least 4 members (excludes halogenated alkanes) is 21. The maximum Gasteiger partial charge on any atom is 0.306 e. The molecule has 0 aliphatic rings. The van der Waals surface area contributed by atoms with E-state index in [0.717, 1.165) is 64.2 Å². The van der Waals surface area contributed by atoms with Crippen LogP contribution in [0.5, 0.6) is 0 Å². The lowest BCUT2D eigenvalue weighted by molar-refractivity contribution is -0.167. The van der Waals surface area contributed by atoms with Crippen molar-refractivity contribution in [1.29, 1.82) is 0 Å². The number of esters is 3. The number of hydrogen-bond donors (Lipinski definition) is 0. The van der Waals surface area contributed by atoms with E-state index in [-0.39, 0.29) is 44.0 Å². The first-order valence-corrected chi connectivity index (χ1v) is 26.8. The SMILES string of the molecule is CC/C=C\C/C=C\C/C=C\CCCC(=O)OCC(COC(=O)CCCCCCCCCCCC/C=C\C=C/CCCCC)OC(=O)CCC/C=C\C/C=C\C/C=C\CCCCCCCC. The molecule has 0 aliphatic carbocycles. The second-order valence-electron chi connectivity index (χ2n) is 17.4. The number of rotatable bonds is 47. The first kappa shape index (κ1) is 61.3. The fraction of sp³-hybridized carbons (Fsp3) is 0.678. The van der Waals surface area contributed by atoms with Crippen molar-refractivity contribution in [3.05, 3.63) is 97.2 Å². The van der Waals surface area contributed by atoms with Crippen molar-refractivity contribution in [1.82, 2.24) is 0 Å². The molecule has 6 nitrogen and oxygen atoms in total. The molecule has 1 unspecified atom stereocenters. The molecule has 0 saturated carbocycles. The molecule has 0 spiro atoms. The molecule has 0 fully saturated rings. The molecule has 0 aromatic heterocycles. The van der Waals surface area contributed by atoms with E-state index in [1.807, 2.05) is 0 Å². The maximum atomic E-state index is 12.8. The molecule has 0 aliphatic heterocycles. The number of carbonyl (C=O) groups excluding carboxylic acids is 3. The summed E-state index contributed by atoms with van der Waals surface area (Å²) in [4.78, 5) is 37.9. The molecule has 6 heteroatoms. The fourth-order valence-electron chi connectivity index (χ4n) is 7.06. The Balaban J connectivity index is 4.47. The van der Waals surface area contributed by atoms with Crippen LogP contribution in [-0.2, 0) is 28.6 Å². The standard InChI is InChI=1S/C59H98O6/c1-4-7-10-13-16-19-22-24-26-28-29-31-32-34-37-40-43-46-49-52-58(61)64-55-56(54-63-57(60)51-48-45-42-39-36-21-18-15-12-9-6-3)65-59(62)53-50-47-44-41-38-35-33-30-27-25-23-20-17-14-11-8-5-2/h9,12,16,18-19,21-22,24-25,27,33,35,39,41-42,44,56H,4-8,10-11,13-15,17,20,23,26,28-32,34,36-38,40,43,45-55H2,1-3H3/b12-9-,19-16-,21-18-,24-22-,27-25-,35-33-,42-39-,44-41-. The number of allylic oxidation sites excluding steroid dienone is 16. The Labute approximate surface area is 400 Å². The van der Waals surface area contributed by atoms with Gasteiger partial charge >= 0.3 is 17.9 Å². The van der Waals surface area contributed by atoms with Gasteiger partial charge in [0.15, 0.2) is 6.10 Å². The molecule has 0 heterocycles. The highest BCUT2D eigenvalue weighted by molar-refractivity contribution is 5.71. The molecule has 0 N–H and O–H groups in total. The van der Waals surface area contributed by atoms with E-state index in [1.54, 1.807) is 0 Å². The van der Waals surface area contributed by atoms with Gasteiger partial charge in [0.25, 0.3) is 0 Å². The van der Waals surface area contributed by atoms with Gasteiger partial charge < -0.3 is 14.2 Å². The molecule has 0 aromatic carbocycles. The average molecular weight is 903 g/mol. The zero-order chi connectivity index (χ0) is 47.2. The second kappa shape index (κ2) is 52.9. The van der Waals surface area contributed by atoms with Crippen LogP contribution in [0.3, 0.4) is 0 Å². The van der Waals surface area contributed by atoms with E-state index in [2.05, 4.69) is 118 Å². The van der Waals surface area contributed by atoms with E-state index >= 15 is 0 Å². The monoisotopic (exact) mass is 903 g/mol. The van der Waals surface area contributed by atoms with Gasteiger partial charge in [-0.1, -0.05) is 214 Å². The zero-order valence-electron chi connectivity index (χ0n) is 42.2. The van der Waals surface area contributed by atoms with Crippen molar-refractivity contribution < 1.29 is 28.6 Å². The Kier molecular flexibility index (Phi) is 50.0. The number of hydrogen-bond acceptors (Lipinski definition) is 6. The first-order valence-electron chi connectivity index (χ1n) is 26.8. The van der Waals surface area contributed by atoms with Gasteiger partial charge in [-0.3, -0.25) is 14.4 Å². The van der Waals surface area contributed by atoms with E-state index in [1.165, 1.54) is 122 Å². The van der Waals surface area contributed by atoms with Crippen molar-refractivity contribution in [2.45, 2.75) is 245 Å². The van der Waals surface area contributed by atoms with Crippen LogP contribution >= 0.6 is 0 Å². The van der Waals surface area contributed by atoms with Crippen LogP contribution in [0.2, 0.25) is 0 Å². The minimum atomic E-state index is -0.825. The molecule has 0 bridgehead atoms. The Morgan fingerprint density at radius 1 is 0.338 bits per heavy atom. The number of carbonyl (C=O) groups is 3. The van der Waals surface area contributed by atoms with E-state index < -0.39 is 6.10 Å². The largest absolute Gasteiger partial charge is 0.462 e. The Morgan fingerprint density at radius 3 is 1.12 bits per heavy atom. The summed E-state index contributed by atoms with van der Waals surface area (Å²) in [6, 6.07) is 0. The van der Waals surface area contributed by atoms with Crippen LogP contribution in [0, 0.1) is 0 Å². The number of ether oxygens (including phenoxy) is 3. The summed E-state index contributed by atoms with van der Waals surface area (Å²) in [5.74, 6) is -1.03. The molecule has 0 saturated heterocycles. The van der Waals surface area contributed by atoms with Crippen LogP contribution in [0.25, 0.3) is 0 Å². The van der Waals surface area contributed by atoms with Crippen LogP contribution in [-0.4, -0.2) is 37.2 Å². The third kappa shape index (κ3) is 51.2. The highest BCUT2D eigenvalue weighted by atomic mass is 16.6. The normalized spacial score (nSPS) is 12.8. The summed E-state index contributed by atoms with van der Waals surface area (Å²) in [6.07, 6.45) is 69.8. The lowest BCUT2D eigenvalue weighted by Crippen LogP contribution is -2.30. The van der Waals surface area contributed by atoms with Crippen molar-refractivity contribution in [2.75, 3.05) is 13.2 Å². The summed E-state index contributed by atoms with van der Waals surface area (Å²) < 4.78 is 16.7. The molecule has 1 atom stereocenters. The van der Waals surface area contributed by atoms with Gasteiger partial charge in [0, 0.05) is 19.3 Å². The minimum Gasteiger partial charge on any atom is -0.462 e. The predicted molar refractivity (Wildman–Crippen MR) is 279 cm³/mol. The fourth-order valence-corrected chi connectivity index (χ4v) is 7.06. The molecule has 65 heavy (non-hydrogen) atoms. The van der Waals surface area contributed by atoms with Crippen LogP contribution in [0.1, 0.15) is 239 Å². The maximum absolute atomic E-state index is 12.8.